The van der Waals surface area contributed by atoms with Crippen molar-refractivity contribution in [1.82, 2.24) is 4.90 Å². The Balaban J connectivity index is 2.67. The van der Waals surface area contributed by atoms with E-state index < -0.39 is 18.8 Å². The largest absolute Gasteiger partial charge is 0.395 e. The van der Waals surface area contributed by atoms with Crippen LogP contribution >= 0.6 is 11.6 Å². The summed E-state index contributed by atoms with van der Waals surface area (Å²) in [7, 11) is 0. The standard InChI is InChI=1S/C11H13ClF3NO/c12-9-2-1-8(5-10(9)13)6-16(3-4-17)7-11(14)15/h1-2,5,11,17H,3-4,6-7H2. The molecule has 1 rings (SSSR count). The van der Waals surface area contributed by atoms with Crippen LogP contribution in [0.1, 0.15) is 5.56 Å². The lowest BCUT2D eigenvalue weighted by Crippen LogP contribution is -2.31. The van der Waals surface area contributed by atoms with E-state index in [9.17, 15) is 13.2 Å². The van der Waals surface area contributed by atoms with Gasteiger partial charge in [-0.25, -0.2) is 13.2 Å². The molecule has 1 aromatic carbocycles. The Morgan fingerprint density at radius 2 is 2.06 bits per heavy atom. The van der Waals surface area contributed by atoms with Gasteiger partial charge in [-0.1, -0.05) is 17.7 Å². The molecule has 0 atom stereocenters. The highest BCUT2D eigenvalue weighted by Crippen LogP contribution is 2.17. The highest BCUT2D eigenvalue weighted by Gasteiger charge is 2.12. The smallest absolute Gasteiger partial charge is 0.251 e. The lowest BCUT2D eigenvalue weighted by atomic mass is 10.2. The molecule has 0 spiro atoms. The Morgan fingerprint density at radius 3 is 2.59 bits per heavy atom. The van der Waals surface area contributed by atoms with Crippen LogP contribution in [0.5, 0.6) is 0 Å². The number of nitrogens with zero attached hydrogens (tertiary/aromatic N) is 1. The summed E-state index contributed by atoms with van der Waals surface area (Å²) in [5.74, 6) is -0.579. The molecule has 0 aromatic heterocycles. The molecule has 0 bridgehead atoms. The average molecular weight is 268 g/mol. The fourth-order valence-corrected chi connectivity index (χ4v) is 1.59. The molecule has 96 valence electrons. The molecule has 0 amide bonds. The van der Waals surface area contributed by atoms with Crippen LogP contribution in [0.15, 0.2) is 18.2 Å². The van der Waals surface area contributed by atoms with E-state index in [-0.39, 0.29) is 24.7 Å². The van der Waals surface area contributed by atoms with Gasteiger partial charge in [0, 0.05) is 13.1 Å². The van der Waals surface area contributed by atoms with E-state index in [0.29, 0.717) is 5.56 Å². The third-order valence-electron chi connectivity index (χ3n) is 2.20. The number of benzene rings is 1. The van der Waals surface area contributed by atoms with E-state index in [0.717, 1.165) is 0 Å². The number of hydrogen-bond donors (Lipinski definition) is 1. The Morgan fingerprint density at radius 1 is 1.35 bits per heavy atom. The summed E-state index contributed by atoms with van der Waals surface area (Å²) in [6.45, 7) is -0.402. The van der Waals surface area contributed by atoms with Gasteiger partial charge in [-0.2, -0.15) is 0 Å². The normalized spacial score (nSPS) is 11.5. The second-order valence-corrected chi connectivity index (χ2v) is 4.01. The summed E-state index contributed by atoms with van der Waals surface area (Å²) in [4.78, 5) is 1.35. The molecular weight excluding hydrogens is 255 g/mol. The van der Waals surface area contributed by atoms with E-state index in [1.807, 2.05) is 0 Å². The second-order valence-electron chi connectivity index (χ2n) is 3.60. The predicted octanol–water partition coefficient (Wildman–Crippen LogP) is 2.54. The maximum atomic E-state index is 13.1. The van der Waals surface area contributed by atoms with Gasteiger partial charge in [0.05, 0.1) is 18.2 Å². The Bertz CT molecular complexity index is 363. The number of aliphatic hydroxyl groups is 1. The quantitative estimate of drug-likeness (QED) is 0.856. The van der Waals surface area contributed by atoms with Crippen LogP contribution in [0.3, 0.4) is 0 Å². The summed E-state index contributed by atoms with van der Waals surface area (Å²) < 4.78 is 37.6. The summed E-state index contributed by atoms with van der Waals surface area (Å²) in [6, 6.07) is 4.16. The van der Waals surface area contributed by atoms with Crippen molar-refractivity contribution in [3.8, 4) is 0 Å². The molecule has 0 fully saturated rings. The van der Waals surface area contributed by atoms with Gasteiger partial charge in [-0.3, -0.25) is 4.90 Å². The van der Waals surface area contributed by atoms with Crippen molar-refractivity contribution in [1.29, 1.82) is 0 Å². The van der Waals surface area contributed by atoms with Gasteiger partial charge in [0.25, 0.3) is 6.43 Å². The number of hydrogen-bond acceptors (Lipinski definition) is 2. The monoisotopic (exact) mass is 267 g/mol. The van der Waals surface area contributed by atoms with E-state index >= 15 is 0 Å². The van der Waals surface area contributed by atoms with Gasteiger partial charge in [-0.05, 0) is 17.7 Å². The maximum Gasteiger partial charge on any atom is 0.251 e. The Hall–Kier alpha value is -0.780. The van der Waals surface area contributed by atoms with Gasteiger partial charge in [0.15, 0.2) is 0 Å². The molecular formula is C11H13ClF3NO. The minimum atomic E-state index is -2.49. The van der Waals surface area contributed by atoms with Crippen molar-refractivity contribution >= 4 is 11.6 Å². The number of alkyl halides is 2. The van der Waals surface area contributed by atoms with Crippen LogP contribution in [0, 0.1) is 5.82 Å². The van der Waals surface area contributed by atoms with Crippen molar-refractivity contribution in [3.05, 3.63) is 34.6 Å². The lowest BCUT2D eigenvalue weighted by Gasteiger charge is -2.20. The molecule has 6 heteroatoms. The van der Waals surface area contributed by atoms with E-state index in [1.165, 1.54) is 17.0 Å². The highest BCUT2D eigenvalue weighted by molar-refractivity contribution is 6.30. The van der Waals surface area contributed by atoms with Crippen LogP contribution in [-0.4, -0.2) is 36.1 Å². The molecule has 2 nitrogen and oxygen atoms in total. The predicted molar refractivity (Wildman–Crippen MR) is 59.8 cm³/mol. The van der Waals surface area contributed by atoms with Crippen molar-refractivity contribution in [2.45, 2.75) is 13.0 Å². The minimum Gasteiger partial charge on any atom is -0.395 e. The minimum absolute atomic E-state index is 0.00341. The summed E-state index contributed by atoms with van der Waals surface area (Å²) >= 11 is 5.51. The molecule has 0 radical (unpaired) electrons. The van der Waals surface area contributed by atoms with Crippen LogP contribution < -0.4 is 0 Å². The van der Waals surface area contributed by atoms with E-state index in [1.54, 1.807) is 6.07 Å². The third-order valence-corrected chi connectivity index (χ3v) is 2.51. The average Bonchev–Trinajstić information content (AvgIpc) is 2.23. The fraction of sp³-hybridized carbons (Fsp3) is 0.455. The van der Waals surface area contributed by atoms with Gasteiger partial charge in [-0.15, -0.1) is 0 Å². The zero-order valence-corrected chi connectivity index (χ0v) is 9.80. The molecule has 0 aliphatic rings. The van der Waals surface area contributed by atoms with Crippen LogP contribution in [-0.2, 0) is 6.54 Å². The molecule has 17 heavy (non-hydrogen) atoms. The summed E-state index contributed by atoms with van der Waals surface area (Å²) in [5.41, 5.74) is 0.543. The zero-order valence-electron chi connectivity index (χ0n) is 9.04. The second kappa shape index (κ2) is 6.83. The topological polar surface area (TPSA) is 23.5 Å². The SMILES string of the molecule is OCCN(Cc1ccc(Cl)c(F)c1)CC(F)F. The maximum absolute atomic E-state index is 13.1. The first-order valence-electron chi connectivity index (χ1n) is 5.08. The van der Waals surface area contributed by atoms with Crippen LogP contribution in [0.4, 0.5) is 13.2 Å². The number of aliphatic hydroxyl groups excluding tert-OH is 1. The van der Waals surface area contributed by atoms with Crippen molar-refractivity contribution in [2.24, 2.45) is 0 Å². The lowest BCUT2D eigenvalue weighted by molar-refractivity contribution is 0.0746. The van der Waals surface area contributed by atoms with Crippen molar-refractivity contribution in [2.75, 3.05) is 19.7 Å². The van der Waals surface area contributed by atoms with Gasteiger partial charge in [0.1, 0.15) is 5.82 Å². The van der Waals surface area contributed by atoms with E-state index in [2.05, 4.69) is 0 Å². The highest BCUT2D eigenvalue weighted by atomic mass is 35.5. The van der Waals surface area contributed by atoms with Crippen molar-refractivity contribution < 1.29 is 18.3 Å². The Kier molecular flexibility index (Phi) is 5.74. The number of rotatable bonds is 6. The Labute approximate surface area is 103 Å². The van der Waals surface area contributed by atoms with Crippen molar-refractivity contribution in [3.63, 3.8) is 0 Å². The van der Waals surface area contributed by atoms with Crippen LogP contribution in [0.2, 0.25) is 5.02 Å². The summed E-state index contributed by atoms with van der Waals surface area (Å²) in [6.07, 6.45) is -2.49. The van der Waals surface area contributed by atoms with Gasteiger partial charge in [0.2, 0.25) is 0 Å². The molecule has 0 saturated carbocycles. The first-order chi connectivity index (χ1) is 8.02. The first-order valence-corrected chi connectivity index (χ1v) is 5.46. The van der Waals surface area contributed by atoms with Gasteiger partial charge >= 0.3 is 0 Å². The van der Waals surface area contributed by atoms with Gasteiger partial charge < -0.3 is 5.11 Å². The zero-order chi connectivity index (χ0) is 12.8. The molecule has 1 N–H and O–H groups in total. The molecule has 0 aliphatic heterocycles. The molecule has 1 aromatic rings. The molecule has 0 saturated heterocycles. The van der Waals surface area contributed by atoms with E-state index in [4.69, 9.17) is 16.7 Å². The third kappa shape index (κ3) is 4.93. The molecule has 0 aliphatic carbocycles. The summed E-state index contributed by atoms with van der Waals surface area (Å²) in [5, 5.41) is 8.74. The molecule has 0 unspecified atom stereocenters. The van der Waals surface area contributed by atoms with Crippen LogP contribution in [0.25, 0.3) is 0 Å². The molecule has 0 heterocycles. The first kappa shape index (κ1) is 14.3. The fourth-order valence-electron chi connectivity index (χ4n) is 1.47. The number of halogens is 4.